The van der Waals surface area contributed by atoms with Crippen molar-refractivity contribution in [3.63, 3.8) is 0 Å². The summed E-state index contributed by atoms with van der Waals surface area (Å²) in [4.78, 5) is 13.0. The van der Waals surface area contributed by atoms with Crippen LogP contribution in [-0.2, 0) is 0 Å². The standard InChI is InChI=1S/C24H26O4/c1-4-14-26-21-16-20(24(25)28-18-11-7-6-8-12-18)23(27-15-5-2)19-13-9-10-17(3)22(19)21/h6-13,16H,4-5,14-15H2,1-3H3. The van der Waals surface area contributed by atoms with Crippen molar-refractivity contribution in [2.75, 3.05) is 13.2 Å². The second kappa shape index (κ2) is 9.27. The van der Waals surface area contributed by atoms with Crippen LogP contribution in [0.1, 0.15) is 42.6 Å². The molecular weight excluding hydrogens is 352 g/mol. The van der Waals surface area contributed by atoms with Crippen LogP contribution in [0.4, 0.5) is 0 Å². The molecule has 0 spiro atoms. The number of para-hydroxylation sites is 1. The third-order valence-electron chi connectivity index (χ3n) is 4.37. The van der Waals surface area contributed by atoms with Gasteiger partial charge in [0.15, 0.2) is 0 Å². The molecule has 0 N–H and O–H groups in total. The Morgan fingerprint density at radius 3 is 2.32 bits per heavy atom. The minimum atomic E-state index is -0.456. The summed E-state index contributed by atoms with van der Waals surface area (Å²) in [6, 6.07) is 16.8. The van der Waals surface area contributed by atoms with E-state index in [2.05, 4.69) is 6.92 Å². The molecule has 0 heterocycles. The summed E-state index contributed by atoms with van der Waals surface area (Å²) in [5.41, 5.74) is 1.45. The van der Waals surface area contributed by atoms with Crippen molar-refractivity contribution in [1.82, 2.24) is 0 Å². The molecule has 4 nitrogen and oxygen atoms in total. The van der Waals surface area contributed by atoms with Crippen LogP contribution < -0.4 is 14.2 Å². The molecule has 0 aliphatic rings. The fourth-order valence-corrected chi connectivity index (χ4v) is 3.09. The van der Waals surface area contributed by atoms with Gasteiger partial charge in [-0.1, -0.05) is 50.2 Å². The summed E-state index contributed by atoms with van der Waals surface area (Å²) in [5, 5.41) is 1.83. The van der Waals surface area contributed by atoms with Crippen molar-refractivity contribution in [2.45, 2.75) is 33.6 Å². The van der Waals surface area contributed by atoms with Gasteiger partial charge >= 0.3 is 5.97 Å². The van der Waals surface area contributed by atoms with Crippen LogP contribution in [0.25, 0.3) is 10.8 Å². The molecule has 3 rings (SSSR count). The van der Waals surface area contributed by atoms with Crippen LogP contribution in [0.3, 0.4) is 0 Å². The summed E-state index contributed by atoms with van der Waals surface area (Å²) in [6.07, 6.45) is 1.72. The molecule has 0 bridgehead atoms. The van der Waals surface area contributed by atoms with E-state index >= 15 is 0 Å². The maximum atomic E-state index is 13.0. The van der Waals surface area contributed by atoms with Gasteiger partial charge in [-0.3, -0.25) is 0 Å². The lowest BCUT2D eigenvalue weighted by Gasteiger charge is -2.18. The van der Waals surface area contributed by atoms with Crippen molar-refractivity contribution in [3.8, 4) is 17.2 Å². The molecule has 0 atom stereocenters. The zero-order valence-electron chi connectivity index (χ0n) is 16.7. The van der Waals surface area contributed by atoms with Crippen LogP contribution in [0.15, 0.2) is 54.6 Å². The van der Waals surface area contributed by atoms with Gasteiger partial charge in [-0.25, -0.2) is 4.79 Å². The zero-order valence-corrected chi connectivity index (χ0v) is 16.7. The van der Waals surface area contributed by atoms with E-state index < -0.39 is 5.97 Å². The summed E-state index contributed by atoms with van der Waals surface area (Å²) >= 11 is 0. The number of aryl methyl sites for hydroxylation is 1. The van der Waals surface area contributed by atoms with E-state index in [1.165, 1.54) is 0 Å². The SMILES string of the molecule is CCCOc1c(C(=O)Oc2ccccc2)cc(OCCC)c2c(C)cccc12. The lowest BCUT2D eigenvalue weighted by atomic mass is 10.00. The summed E-state index contributed by atoms with van der Waals surface area (Å²) < 4.78 is 17.6. The minimum Gasteiger partial charge on any atom is -0.493 e. The molecule has 28 heavy (non-hydrogen) atoms. The molecule has 0 aliphatic heterocycles. The van der Waals surface area contributed by atoms with Crippen LogP contribution in [-0.4, -0.2) is 19.2 Å². The molecule has 146 valence electrons. The second-order valence-corrected chi connectivity index (χ2v) is 6.65. The zero-order chi connectivity index (χ0) is 19.9. The van der Waals surface area contributed by atoms with Gasteiger partial charge in [0.05, 0.1) is 13.2 Å². The highest BCUT2D eigenvalue weighted by Crippen LogP contribution is 2.39. The van der Waals surface area contributed by atoms with E-state index in [1.807, 2.05) is 50.2 Å². The van der Waals surface area contributed by atoms with Gasteiger partial charge in [-0.15, -0.1) is 0 Å². The molecule has 0 radical (unpaired) electrons. The van der Waals surface area contributed by atoms with Crippen LogP contribution in [0, 0.1) is 6.92 Å². The molecule has 0 saturated carbocycles. The molecular formula is C24H26O4. The fraction of sp³-hybridized carbons (Fsp3) is 0.292. The molecule has 0 fully saturated rings. The van der Waals surface area contributed by atoms with Crippen LogP contribution >= 0.6 is 0 Å². The van der Waals surface area contributed by atoms with Crippen molar-refractivity contribution in [2.24, 2.45) is 0 Å². The molecule has 0 aliphatic carbocycles. The Labute approximate surface area is 166 Å². The maximum Gasteiger partial charge on any atom is 0.347 e. The lowest BCUT2D eigenvalue weighted by molar-refractivity contribution is 0.0730. The highest BCUT2D eigenvalue weighted by Gasteiger charge is 2.22. The molecule has 0 unspecified atom stereocenters. The molecule has 0 amide bonds. The van der Waals surface area contributed by atoms with Gasteiger partial charge in [0.1, 0.15) is 22.8 Å². The first-order chi connectivity index (χ1) is 13.7. The number of rotatable bonds is 8. The summed E-state index contributed by atoms with van der Waals surface area (Å²) in [6.45, 7) is 7.22. The number of hydrogen-bond acceptors (Lipinski definition) is 4. The highest BCUT2D eigenvalue weighted by molar-refractivity contribution is 6.05. The van der Waals surface area contributed by atoms with Crippen LogP contribution in [0.2, 0.25) is 0 Å². The third kappa shape index (κ3) is 4.28. The Morgan fingerprint density at radius 2 is 1.61 bits per heavy atom. The maximum absolute atomic E-state index is 13.0. The molecule has 4 heteroatoms. The van der Waals surface area contributed by atoms with Gasteiger partial charge in [-0.2, -0.15) is 0 Å². The predicted octanol–water partition coefficient (Wildman–Crippen LogP) is 5.95. The quantitative estimate of drug-likeness (QED) is 0.359. The third-order valence-corrected chi connectivity index (χ3v) is 4.37. The number of fused-ring (bicyclic) bond motifs is 1. The van der Waals surface area contributed by atoms with E-state index in [0.29, 0.717) is 36.0 Å². The van der Waals surface area contributed by atoms with Gasteiger partial charge in [0.2, 0.25) is 0 Å². The van der Waals surface area contributed by atoms with Crippen molar-refractivity contribution in [1.29, 1.82) is 0 Å². The molecule has 0 aromatic heterocycles. The van der Waals surface area contributed by atoms with Crippen molar-refractivity contribution >= 4 is 16.7 Å². The Hall–Kier alpha value is -3.01. The van der Waals surface area contributed by atoms with Gasteiger partial charge in [-0.05, 0) is 43.5 Å². The van der Waals surface area contributed by atoms with E-state index in [0.717, 1.165) is 29.2 Å². The largest absolute Gasteiger partial charge is 0.493 e. The number of carbonyl (C=O) groups is 1. The number of esters is 1. The first-order valence-electron chi connectivity index (χ1n) is 9.74. The van der Waals surface area contributed by atoms with E-state index in [9.17, 15) is 4.79 Å². The van der Waals surface area contributed by atoms with Crippen molar-refractivity contribution in [3.05, 3.63) is 65.7 Å². The van der Waals surface area contributed by atoms with E-state index in [1.54, 1.807) is 18.2 Å². The Kier molecular flexibility index (Phi) is 6.53. The topological polar surface area (TPSA) is 44.8 Å². The van der Waals surface area contributed by atoms with Crippen molar-refractivity contribution < 1.29 is 19.0 Å². The molecule has 0 saturated heterocycles. The lowest BCUT2D eigenvalue weighted by Crippen LogP contribution is -2.12. The number of ether oxygens (including phenoxy) is 3. The average Bonchev–Trinajstić information content (AvgIpc) is 2.71. The Morgan fingerprint density at radius 1 is 0.893 bits per heavy atom. The minimum absolute atomic E-state index is 0.376. The highest BCUT2D eigenvalue weighted by atomic mass is 16.5. The summed E-state index contributed by atoms with van der Waals surface area (Å²) in [7, 11) is 0. The Balaban J connectivity index is 2.14. The van der Waals surface area contributed by atoms with Gasteiger partial charge in [0.25, 0.3) is 0 Å². The van der Waals surface area contributed by atoms with Crippen LogP contribution in [0.5, 0.6) is 17.2 Å². The number of carbonyl (C=O) groups excluding carboxylic acids is 1. The molecule has 3 aromatic rings. The number of benzene rings is 3. The first-order valence-corrected chi connectivity index (χ1v) is 9.74. The predicted molar refractivity (Wildman–Crippen MR) is 112 cm³/mol. The molecule has 3 aromatic carbocycles. The smallest absolute Gasteiger partial charge is 0.347 e. The Bertz CT molecular complexity index is 948. The normalized spacial score (nSPS) is 10.7. The first kappa shape index (κ1) is 19.7. The van der Waals surface area contributed by atoms with E-state index in [4.69, 9.17) is 14.2 Å². The van der Waals surface area contributed by atoms with E-state index in [-0.39, 0.29) is 0 Å². The van der Waals surface area contributed by atoms with Gasteiger partial charge in [0, 0.05) is 10.8 Å². The average molecular weight is 378 g/mol. The second-order valence-electron chi connectivity index (χ2n) is 6.65. The monoisotopic (exact) mass is 378 g/mol. The number of hydrogen-bond donors (Lipinski definition) is 0. The fourth-order valence-electron chi connectivity index (χ4n) is 3.09. The van der Waals surface area contributed by atoms with Gasteiger partial charge < -0.3 is 14.2 Å². The summed E-state index contributed by atoms with van der Waals surface area (Å²) in [5.74, 6) is 1.26.